The van der Waals surface area contributed by atoms with Crippen molar-refractivity contribution in [1.29, 1.82) is 0 Å². The van der Waals surface area contributed by atoms with E-state index in [1.807, 2.05) is 17.0 Å². The first kappa shape index (κ1) is 30.1. The van der Waals surface area contributed by atoms with Crippen molar-refractivity contribution in [1.82, 2.24) is 19.3 Å². The molecule has 3 aromatic carbocycles. The van der Waals surface area contributed by atoms with Crippen LogP contribution in [0.5, 0.6) is 0 Å². The molecule has 0 saturated carbocycles. The lowest BCUT2D eigenvalue weighted by molar-refractivity contribution is 0.0586. The summed E-state index contributed by atoms with van der Waals surface area (Å²) < 4.78 is 17.0. The zero-order valence-electron chi connectivity index (χ0n) is 26.3. The minimum atomic E-state index is -0.240. The molecule has 6 rings (SSSR count). The van der Waals surface area contributed by atoms with Gasteiger partial charge in [0.05, 0.1) is 18.3 Å². The van der Waals surface area contributed by atoms with Gasteiger partial charge in [-0.05, 0) is 37.6 Å². The molecule has 0 aliphatic carbocycles. The SMILES string of the molecule is CCN1CCN(c2c(C)c(C(=O)N3CCN(C(c4ccccc4)c4ccccc4)CC3)n(Cc3ccccc3F)c2C)CC1. The highest BCUT2D eigenvalue weighted by Gasteiger charge is 2.33. The monoisotopic (exact) mass is 593 g/mol. The third-order valence-electron chi connectivity index (χ3n) is 9.55. The van der Waals surface area contributed by atoms with E-state index in [1.165, 1.54) is 17.2 Å². The van der Waals surface area contributed by atoms with E-state index in [0.29, 0.717) is 30.9 Å². The smallest absolute Gasteiger partial charge is 0.270 e. The fourth-order valence-corrected chi connectivity index (χ4v) is 7.12. The second-order valence-corrected chi connectivity index (χ2v) is 12.1. The van der Waals surface area contributed by atoms with Crippen LogP contribution in [0.25, 0.3) is 0 Å². The van der Waals surface area contributed by atoms with Gasteiger partial charge in [0.25, 0.3) is 5.91 Å². The molecule has 2 aliphatic heterocycles. The van der Waals surface area contributed by atoms with E-state index < -0.39 is 0 Å². The number of rotatable bonds is 8. The standard InChI is InChI=1S/C37H44FN5O/c1-4-39-19-21-40(22-20-39)34-28(2)35(43(29(34)3)27-32-17-11-12-18-33(32)38)37(44)42-25-23-41(24-26-42)36(30-13-7-5-8-14-30)31-15-9-6-10-16-31/h5-18,36H,4,19-27H2,1-3H3. The van der Waals surface area contributed by atoms with E-state index in [1.54, 1.807) is 6.07 Å². The van der Waals surface area contributed by atoms with Crippen molar-refractivity contribution in [2.24, 2.45) is 0 Å². The van der Waals surface area contributed by atoms with Crippen molar-refractivity contribution in [3.8, 4) is 0 Å². The number of likely N-dealkylation sites (N-methyl/N-ethyl adjacent to an activating group) is 1. The highest BCUT2D eigenvalue weighted by molar-refractivity contribution is 5.97. The molecular weight excluding hydrogens is 549 g/mol. The molecule has 2 fully saturated rings. The van der Waals surface area contributed by atoms with Crippen molar-refractivity contribution in [3.05, 3.63) is 124 Å². The predicted molar refractivity (Wildman–Crippen MR) is 176 cm³/mol. The molecule has 0 bridgehead atoms. The number of nitrogens with zero attached hydrogens (tertiary/aromatic N) is 5. The molecule has 2 saturated heterocycles. The Labute approximate surface area is 261 Å². The van der Waals surface area contributed by atoms with Gasteiger partial charge >= 0.3 is 0 Å². The van der Waals surface area contributed by atoms with E-state index in [4.69, 9.17) is 0 Å². The van der Waals surface area contributed by atoms with Gasteiger partial charge in [-0.3, -0.25) is 9.69 Å². The van der Waals surface area contributed by atoms with Crippen molar-refractivity contribution in [2.45, 2.75) is 33.4 Å². The first-order valence-electron chi connectivity index (χ1n) is 16.0. The van der Waals surface area contributed by atoms with Crippen molar-refractivity contribution < 1.29 is 9.18 Å². The fourth-order valence-electron chi connectivity index (χ4n) is 7.12. The van der Waals surface area contributed by atoms with Crippen LogP contribution in [0.1, 0.15) is 51.4 Å². The average Bonchev–Trinajstić information content (AvgIpc) is 3.31. The van der Waals surface area contributed by atoms with Crippen molar-refractivity contribution >= 4 is 11.6 Å². The minimum absolute atomic E-state index is 0.0380. The lowest BCUT2D eigenvalue weighted by Crippen LogP contribution is -2.50. The Kier molecular flexibility index (Phi) is 9.14. The number of benzene rings is 3. The number of hydrogen-bond acceptors (Lipinski definition) is 4. The predicted octanol–water partition coefficient (Wildman–Crippen LogP) is 5.98. The number of carbonyl (C=O) groups is 1. The first-order valence-corrected chi connectivity index (χ1v) is 16.0. The highest BCUT2D eigenvalue weighted by atomic mass is 19.1. The molecule has 0 spiro atoms. The highest BCUT2D eigenvalue weighted by Crippen LogP contribution is 2.34. The number of carbonyl (C=O) groups excluding carboxylic acids is 1. The van der Waals surface area contributed by atoms with Gasteiger partial charge in [-0.25, -0.2) is 4.39 Å². The number of halogens is 1. The first-order chi connectivity index (χ1) is 21.5. The van der Waals surface area contributed by atoms with Gasteiger partial charge in [-0.2, -0.15) is 0 Å². The van der Waals surface area contributed by atoms with E-state index in [9.17, 15) is 9.18 Å². The van der Waals surface area contributed by atoms with E-state index in [2.05, 4.69) is 101 Å². The van der Waals surface area contributed by atoms with Gasteiger partial charge in [0.2, 0.25) is 0 Å². The summed E-state index contributed by atoms with van der Waals surface area (Å²) in [5, 5.41) is 0. The van der Waals surface area contributed by atoms with Crippen LogP contribution < -0.4 is 4.90 Å². The lowest BCUT2D eigenvalue weighted by atomic mass is 9.96. The molecule has 7 heteroatoms. The number of hydrogen-bond donors (Lipinski definition) is 0. The fraction of sp³-hybridized carbons (Fsp3) is 0.378. The molecule has 0 atom stereocenters. The maximum absolute atomic E-state index is 14.9. The summed E-state index contributed by atoms with van der Waals surface area (Å²) in [5.41, 5.74) is 6.98. The van der Waals surface area contributed by atoms with Crippen LogP contribution in [0, 0.1) is 19.7 Å². The number of aromatic nitrogens is 1. The van der Waals surface area contributed by atoms with Gasteiger partial charge in [-0.1, -0.05) is 85.8 Å². The quantitative estimate of drug-likeness (QED) is 0.252. The zero-order valence-corrected chi connectivity index (χ0v) is 26.3. The summed E-state index contributed by atoms with van der Waals surface area (Å²) in [6, 6.07) is 28.3. The van der Waals surface area contributed by atoms with Crippen molar-refractivity contribution in [3.63, 3.8) is 0 Å². The Balaban J connectivity index is 1.28. The summed E-state index contributed by atoms with van der Waals surface area (Å²) in [4.78, 5) is 23.8. The van der Waals surface area contributed by atoms with Gasteiger partial charge < -0.3 is 19.3 Å². The number of piperazine rings is 2. The molecule has 6 nitrogen and oxygen atoms in total. The number of amides is 1. The Morgan fingerprint density at radius 3 is 1.89 bits per heavy atom. The summed E-state index contributed by atoms with van der Waals surface area (Å²) in [7, 11) is 0. The van der Waals surface area contributed by atoms with Crippen LogP contribution in [0.4, 0.5) is 10.1 Å². The van der Waals surface area contributed by atoms with Crippen LogP contribution in [-0.2, 0) is 6.54 Å². The molecule has 4 aromatic rings. The maximum Gasteiger partial charge on any atom is 0.270 e. The molecule has 2 aliphatic rings. The lowest BCUT2D eigenvalue weighted by Gasteiger charge is -2.40. The van der Waals surface area contributed by atoms with E-state index in [-0.39, 0.29) is 17.8 Å². The molecule has 3 heterocycles. The normalized spacial score (nSPS) is 16.6. The minimum Gasteiger partial charge on any atom is -0.367 e. The van der Waals surface area contributed by atoms with E-state index >= 15 is 0 Å². The van der Waals surface area contributed by atoms with Crippen LogP contribution in [0.15, 0.2) is 84.9 Å². The molecule has 230 valence electrons. The number of anilines is 1. The maximum atomic E-state index is 14.9. The van der Waals surface area contributed by atoms with Gasteiger partial charge in [0, 0.05) is 69.2 Å². The van der Waals surface area contributed by atoms with Gasteiger partial charge in [-0.15, -0.1) is 0 Å². The molecule has 1 aromatic heterocycles. The third-order valence-corrected chi connectivity index (χ3v) is 9.55. The second kappa shape index (κ2) is 13.4. The molecule has 44 heavy (non-hydrogen) atoms. The van der Waals surface area contributed by atoms with Gasteiger partial charge in [0.15, 0.2) is 0 Å². The average molecular weight is 594 g/mol. The van der Waals surface area contributed by atoms with Crippen LogP contribution in [0.3, 0.4) is 0 Å². The topological polar surface area (TPSA) is 35.0 Å². The van der Waals surface area contributed by atoms with Crippen LogP contribution >= 0.6 is 0 Å². The second-order valence-electron chi connectivity index (χ2n) is 12.1. The Morgan fingerprint density at radius 1 is 0.750 bits per heavy atom. The summed E-state index contributed by atoms with van der Waals surface area (Å²) in [6.07, 6.45) is 0. The summed E-state index contributed by atoms with van der Waals surface area (Å²) >= 11 is 0. The summed E-state index contributed by atoms with van der Waals surface area (Å²) in [5.74, 6) is -0.202. The van der Waals surface area contributed by atoms with Crippen LogP contribution in [-0.4, -0.2) is 84.1 Å². The summed E-state index contributed by atoms with van der Waals surface area (Å²) in [6.45, 7) is 14.4. The molecule has 0 N–H and O–H groups in total. The molecule has 0 unspecified atom stereocenters. The van der Waals surface area contributed by atoms with E-state index in [0.717, 1.165) is 62.8 Å². The van der Waals surface area contributed by atoms with Crippen molar-refractivity contribution in [2.75, 3.05) is 63.8 Å². The Morgan fingerprint density at radius 2 is 1.32 bits per heavy atom. The molecule has 0 radical (unpaired) electrons. The molecule has 1 amide bonds. The van der Waals surface area contributed by atoms with Crippen LogP contribution in [0.2, 0.25) is 0 Å². The Hall–Kier alpha value is -3.94. The molecular formula is C37H44FN5O. The largest absolute Gasteiger partial charge is 0.367 e. The Bertz CT molecular complexity index is 1510. The third kappa shape index (κ3) is 6.04. The zero-order chi connectivity index (χ0) is 30.6. The van der Waals surface area contributed by atoms with Gasteiger partial charge in [0.1, 0.15) is 11.5 Å².